The van der Waals surface area contributed by atoms with E-state index in [9.17, 15) is 14.4 Å². The van der Waals surface area contributed by atoms with Gasteiger partial charge in [0.15, 0.2) is 11.5 Å². The van der Waals surface area contributed by atoms with Gasteiger partial charge in [-0.2, -0.15) is 0 Å². The van der Waals surface area contributed by atoms with Crippen LogP contribution in [0.3, 0.4) is 0 Å². The highest BCUT2D eigenvalue weighted by molar-refractivity contribution is 9.10. The zero-order chi connectivity index (χ0) is 24.9. The fraction of sp³-hybridized carbons (Fsp3) is 0.320. The number of methoxy groups -OCH3 is 1. The van der Waals surface area contributed by atoms with Gasteiger partial charge in [0.1, 0.15) is 5.25 Å². The summed E-state index contributed by atoms with van der Waals surface area (Å²) in [6, 6.07) is 12.7. The van der Waals surface area contributed by atoms with Crippen LogP contribution in [0.2, 0.25) is 0 Å². The summed E-state index contributed by atoms with van der Waals surface area (Å²) in [7, 11) is 1.57. The molecule has 0 radical (unpaired) electrons. The lowest BCUT2D eigenvalue weighted by atomic mass is 9.83. The summed E-state index contributed by atoms with van der Waals surface area (Å²) in [5, 5.41) is 0.000849. The van der Waals surface area contributed by atoms with Crippen molar-refractivity contribution < 1.29 is 19.1 Å². The maximum Gasteiger partial charge on any atom is 0.305 e. The topological polar surface area (TPSA) is 88.7 Å². The molecule has 1 N–H and O–H groups in total. The van der Waals surface area contributed by atoms with Crippen molar-refractivity contribution in [1.29, 1.82) is 0 Å². The molecule has 2 aliphatic heterocycles. The van der Waals surface area contributed by atoms with E-state index in [1.165, 1.54) is 16.7 Å². The lowest BCUT2D eigenvalue weighted by molar-refractivity contribution is -0.122. The number of aromatic amines is 1. The molecule has 7 nitrogen and oxygen atoms in total. The maximum absolute atomic E-state index is 13.8. The third-order valence-electron chi connectivity index (χ3n) is 6.03. The summed E-state index contributed by atoms with van der Waals surface area (Å²) >= 11 is 5.74. The van der Waals surface area contributed by atoms with Gasteiger partial charge in [0.05, 0.1) is 30.3 Å². The largest absolute Gasteiger partial charge is 0.493 e. The molecule has 35 heavy (non-hydrogen) atoms. The highest BCUT2D eigenvalue weighted by Crippen LogP contribution is 2.53. The van der Waals surface area contributed by atoms with Crippen molar-refractivity contribution in [2.75, 3.05) is 18.6 Å². The van der Waals surface area contributed by atoms with Crippen molar-refractivity contribution in [1.82, 2.24) is 4.98 Å². The molecule has 3 aromatic rings. The Kier molecular flexibility index (Phi) is 6.54. The molecule has 0 spiro atoms. The molecule has 5 rings (SSSR count). The molecule has 3 heterocycles. The number of H-pyrrole nitrogens is 1. The Labute approximate surface area is 219 Å². The zero-order valence-corrected chi connectivity index (χ0v) is 22.5. The number of hydrogen-bond acceptors (Lipinski definition) is 7. The standard InChI is InChI=1S/C25H23BrN2O5S2/c1-12(2)11-33-16-9-4-13(10-17(16)32-3)18-19-21(34-22-20(18)35-25(31)27-22)24(30)28(23(19)29)15-7-5-14(26)6-8-15/h4-10,12,18-19,21H,11H2,1-3H3,(H,27,31). The van der Waals surface area contributed by atoms with E-state index < -0.39 is 17.1 Å². The van der Waals surface area contributed by atoms with E-state index >= 15 is 0 Å². The summed E-state index contributed by atoms with van der Waals surface area (Å²) in [5.41, 5.74) is 1.33. The molecule has 182 valence electrons. The number of carbonyl (C=O) groups excluding carboxylic acids is 2. The van der Waals surface area contributed by atoms with Gasteiger partial charge in [0, 0.05) is 15.3 Å². The Balaban J connectivity index is 1.59. The summed E-state index contributed by atoms with van der Waals surface area (Å²) in [4.78, 5) is 44.2. The average Bonchev–Trinajstić information content (AvgIpc) is 3.32. The SMILES string of the molecule is COc1cc(C2c3sc(=O)[nH]c3SC3C(=O)N(c4ccc(Br)cc4)C(=O)C32)ccc1OCC(C)C. The zero-order valence-electron chi connectivity index (χ0n) is 19.2. The van der Waals surface area contributed by atoms with Crippen LogP contribution in [0.5, 0.6) is 11.5 Å². The van der Waals surface area contributed by atoms with Gasteiger partial charge in [0.2, 0.25) is 11.8 Å². The Morgan fingerprint density at radius 2 is 1.80 bits per heavy atom. The number of aromatic nitrogens is 1. The number of amides is 2. The molecule has 3 unspecified atom stereocenters. The summed E-state index contributed by atoms with van der Waals surface area (Å²) in [5.74, 6) is -0.165. The molecule has 0 bridgehead atoms. The molecule has 3 atom stereocenters. The Morgan fingerprint density at radius 1 is 1.06 bits per heavy atom. The van der Waals surface area contributed by atoms with Crippen LogP contribution >= 0.6 is 39.0 Å². The van der Waals surface area contributed by atoms with E-state index in [-0.39, 0.29) is 16.7 Å². The van der Waals surface area contributed by atoms with E-state index in [4.69, 9.17) is 9.47 Å². The third kappa shape index (κ3) is 4.32. The number of nitrogens with zero attached hydrogens (tertiary/aromatic N) is 1. The fourth-order valence-corrected chi connectivity index (χ4v) is 7.25. The number of rotatable bonds is 6. The minimum atomic E-state index is -0.651. The number of imide groups is 1. The first-order valence-electron chi connectivity index (χ1n) is 11.1. The highest BCUT2D eigenvalue weighted by Gasteiger charge is 2.56. The average molecular weight is 576 g/mol. The molecule has 1 fully saturated rings. The second-order valence-corrected chi connectivity index (χ2v) is 11.9. The van der Waals surface area contributed by atoms with Crippen LogP contribution in [-0.4, -0.2) is 35.8 Å². The van der Waals surface area contributed by atoms with Crippen LogP contribution in [0.15, 0.2) is 56.8 Å². The number of thiazole rings is 1. The van der Waals surface area contributed by atoms with Crippen molar-refractivity contribution in [2.45, 2.75) is 30.0 Å². The van der Waals surface area contributed by atoms with Crippen molar-refractivity contribution >= 4 is 56.5 Å². The first-order chi connectivity index (χ1) is 16.8. The van der Waals surface area contributed by atoms with Gasteiger partial charge in [-0.05, 0) is 47.9 Å². The van der Waals surface area contributed by atoms with Gasteiger partial charge in [-0.3, -0.25) is 14.4 Å². The lowest BCUT2D eigenvalue weighted by Gasteiger charge is -2.30. The van der Waals surface area contributed by atoms with E-state index in [0.717, 1.165) is 26.3 Å². The van der Waals surface area contributed by atoms with Crippen LogP contribution in [0.25, 0.3) is 0 Å². The first kappa shape index (κ1) is 24.1. The first-order valence-corrected chi connectivity index (χ1v) is 13.6. The van der Waals surface area contributed by atoms with Gasteiger partial charge in [-0.15, -0.1) is 0 Å². The number of carbonyl (C=O) groups is 2. The summed E-state index contributed by atoms with van der Waals surface area (Å²) in [6.07, 6.45) is 0. The second kappa shape index (κ2) is 9.48. The van der Waals surface area contributed by atoms with E-state index in [0.29, 0.717) is 34.7 Å². The minimum Gasteiger partial charge on any atom is -0.493 e. The summed E-state index contributed by atoms with van der Waals surface area (Å²) in [6.45, 7) is 4.67. The van der Waals surface area contributed by atoms with Gasteiger partial charge in [-0.1, -0.05) is 58.9 Å². The predicted molar refractivity (Wildman–Crippen MR) is 140 cm³/mol. The molecule has 0 saturated carbocycles. The highest BCUT2D eigenvalue weighted by atomic mass is 79.9. The van der Waals surface area contributed by atoms with Crippen molar-refractivity contribution in [3.63, 3.8) is 0 Å². The lowest BCUT2D eigenvalue weighted by Crippen LogP contribution is -2.32. The molecular weight excluding hydrogens is 552 g/mol. The molecule has 2 aliphatic rings. The Hall–Kier alpha value is -2.56. The fourth-order valence-electron chi connectivity index (χ4n) is 4.47. The number of fused-ring (bicyclic) bond motifs is 2. The van der Waals surface area contributed by atoms with Gasteiger partial charge in [0.25, 0.3) is 0 Å². The van der Waals surface area contributed by atoms with Crippen LogP contribution in [0.1, 0.15) is 30.2 Å². The number of nitrogens with one attached hydrogen (secondary N) is 1. The van der Waals surface area contributed by atoms with E-state index in [2.05, 4.69) is 34.8 Å². The van der Waals surface area contributed by atoms with Crippen molar-refractivity contribution in [3.8, 4) is 11.5 Å². The molecule has 1 aromatic heterocycles. The predicted octanol–water partition coefficient (Wildman–Crippen LogP) is 5.04. The monoisotopic (exact) mass is 574 g/mol. The summed E-state index contributed by atoms with van der Waals surface area (Å²) < 4.78 is 12.4. The number of benzene rings is 2. The normalized spacial score (nSPS) is 21.3. The third-order valence-corrected chi connectivity index (χ3v) is 8.96. The second-order valence-electron chi connectivity index (χ2n) is 8.85. The van der Waals surface area contributed by atoms with Crippen LogP contribution in [0, 0.1) is 11.8 Å². The van der Waals surface area contributed by atoms with Gasteiger partial charge < -0.3 is 14.5 Å². The van der Waals surface area contributed by atoms with Gasteiger partial charge >= 0.3 is 4.87 Å². The number of hydrogen-bond donors (Lipinski definition) is 1. The van der Waals surface area contributed by atoms with Crippen LogP contribution in [-0.2, 0) is 9.59 Å². The molecule has 2 amide bonds. The van der Waals surface area contributed by atoms with Crippen LogP contribution in [0.4, 0.5) is 5.69 Å². The number of anilines is 1. The molecular formula is C25H23BrN2O5S2. The molecule has 1 saturated heterocycles. The number of halogens is 1. The minimum absolute atomic E-state index is 0.207. The van der Waals surface area contributed by atoms with Gasteiger partial charge in [-0.25, -0.2) is 4.90 Å². The number of thioether (sulfide) groups is 1. The maximum atomic E-state index is 13.8. The Bertz CT molecular complexity index is 1350. The van der Waals surface area contributed by atoms with E-state index in [1.807, 2.05) is 18.2 Å². The van der Waals surface area contributed by atoms with E-state index in [1.54, 1.807) is 31.4 Å². The quantitative estimate of drug-likeness (QED) is 0.415. The van der Waals surface area contributed by atoms with Crippen LogP contribution < -0.4 is 19.2 Å². The molecule has 10 heteroatoms. The number of ether oxygens (including phenoxy) is 2. The smallest absolute Gasteiger partial charge is 0.305 e. The van der Waals surface area contributed by atoms with Crippen molar-refractivity contribution in [3.05, 3.63) is 67.0 Å². The Morgan fingerprint density at radius 3 is 2.49 bits per heavy atom. The molecule has 0 aliphatic carbocycles. The van der Waals surface area contributed by atoms with Crippen molar-refractivity contribution in [2.24, 2.45) is 11.8 Å². The molecule has 2 aromatic carbocycles.